The van der Waals surface area contributed by atoms with Gasteiger partial charge in [-0.3, -0.25) is 0 Å². The summed E-state index contributed by atoms with van der Waals surface area (Å²) >= 11 is 0. The lowest BCUT2D eigenvalue weighted by atomic mass is 9.95. The summed E-state index contributed by atoms with van der Waals surface area (Å²) in [6, 6.07) is 21.4. The fourth-order valence-corrected chi connectivity index (χ4v) is 2.42. The number of benzene rings is 2. The molecule has 2 aromatic carbocycles. The van der Waals surface area contributed by atoms with Crippen molar-refractivity contribution in [3.8, 4) is 22.3 Å². The van der Waals surface area contributed by atoms with Crippen molar-refractivity contribution in [2.75, 3.05) is 0 Å². The van der Waals surface area contributed by atoms with E-state index in [1.54, 1.807) is 6.07 Å². The van der Waals surface area contributed by atoms with Crippen molar-refractivity contribution in [2.45, 2.75) is 6.92 Å². The summed E-state index contributed by atoms with van der Waals surface area (Å²) in [6.07, 6.45) is 0. The van der Waals surface area contributed by atoms with Gasteiger partial charge in [-0.05, 0) is 18.1 Å². The molecule has 0 saturated heterocycles. The van der Waals surface area contributed by atoms with Crippen molar-refractivity contribution < 1.29 is 4.42 Å². The maximum Gasteiger partial charge on any atom is 0.336 e. The molecule has 0 fully saturated rings. The molecule has 0 spiro atoms. The summed E-state index contributed by atoms with van der Waals surface area (Å²) in [4.78, 5) is 11.7. The van der Waals surface area contributed by atoms with Crippen molar-refractivity contribution in [3.05, 3.63) is 82.9 Å². The molecule has 3 aromatic rings. The Labute approximate surface area is 117 Å². The molecule has 0 N–H and O–H groups in total. The maximum atomic E-state index is 11.7. The largest absolute Gasteiger partial charge is 0.428 e. The Bertz CT molecular complexity index is 772. The quantitative estimate of drug-likeness (QED) is 0.690. The van der Waals surface area contributed by atoms with Crippen LogP contribution >= 0.6 is 0 Å². The van der Waals surface area contributed by atoms with Crippen LogP contribution in [0.1, 0.15) is 5.76 Å². The minimum absolute atomic E-state index is 0.318. The van der Waals surface area contributed by atoms with E-state index in [2.05, 4.69) is 0 Å². The van der Waals surface area contributed by atoms with Crippen LogP contribution in [0, 0.1) is 6.92 Å². The molecule has 0 unspecified atom stereocenters. The predicted molar refractivity (Wildman–Crippen MR) is 80.6 cm³/mol. The Morgan fingerprint density at radius 3 is 1.95 bits per heavy atom. The molecule has 0 amide bonds. The van der Waals surface area contributed by atoms with E-state index in [1.807, 2.05) is 67.6 Å². The van der Waals surface area contributed by atoms with Gasteiger partial charge in [0.15, 0.2) is 0 Å². The molecule has 3 rings (SSSR count). The summed E-state index contributed by atoms with van der Waals surface area (Å²) in [7, 11) is 0. The average Bonchev–Trinajstić information content (AvgIpc) is 2.48. The highest BCUT2D eigenvalue weighted by Gasteiger charge is 2.13. The Morgan fingerprint density at radius 2 is 1.35 bits per heavy atom. The van der Waals surface area contributed by atoms with Crippen LogP contribution in [0.2, 0.25) is 0 Å². The second-order valence-electron chi connectivity index (χ2n) is 4.64. The number of hydrogen-bond donors (Lipinski definition) is 0. The van der Waals surface area contributed by atoms with Gasteiger partial charge in [-0.1, -0.05) is 60.7 Å². The first kappa shape index (κ1) is 12.4. The highest BCUT2D eigenvalue weighted by atomic mass is 16.4. The van der Waals surface area contributed by atoms with Crippen LogP contribution in [0.25, 0.3) is 22.3 Å². The van der Waals surface area contributed by atoms with Crippen LogP contribution < -0.4 is 5.63 Å². The van der Waals surface area contributed by atoms with Crippen LogP contribution in [0.15, 0.2) is 75.9 Å². The second-order valence-corrected chi connectivity index (χ2v) is 4.64. The third kappa shape index (κ3) is 2.28. The van der Waals surface area contributed by atoms with E-state index in [4.69, 9.17) is 4.42 Å². The van der Waals surface area contributed by atoms with Gasteiger partial charge >= 0.3 is 5.63 Å². The van der Waals surface area contributed by atoms with E-state index in [-0.39, 0.29) is 5.63 Å². The van der Waals surface area contributed by atoms with Gasteiger partial charge in [0.1, 0.15) is 5.76 Å². The van der Waals surface area contributed by atoms with E-state index >= 15 is 0 Å². The zero-order valence-electron chi connectivity index (χ0n) is 11.2. The van der Waals surface area contributed by atoms with E-state index in [1.165, 1.54) is 0 Å². The van der Waals surface area contributed by atoms with Crippen LogP contribution in [0.5, 0.6) is 0 Å². The van der Waals surface area contributed by atoms with E-state index in [0.717, 1.165) is 22.3 Å². The third-order valence-electron chi connectivity index (χ3n) is 3.28. The summed E-state index contributed by atoms with van der Waals surface area (Å²) in [5, 5.41) is 0. The van der Waals surface area contributed by atoms with Crippen molar-refractivity contribution in [1.82, 2.24) is 0 Å². The first-order valence-electron chi connectivity index (χ1n) is 6.51. The fraction of sp³-hybridized carbons (Fsp3) is 0.0556. The topological polar surface area (TPSA) is 30.2 Å². The SMILES string of the molecule is Cc1oc(=O)cc(-c2ccccc2)c1-c1ccccc1. The summed E-state index contributed by atoms with van der Waals surface area (Å²) in [6.45, 7) is 1.83. The molecule has 0 aliphatic carbocycles. The van der Waals surface area contributed by atoms with Crippen molar-refractivity contribution in [1.29, 1.82) is 0 Å². The standard InChI is InChI=1S/C18H14O2/c1-13-18(15-10-6-3-7-11-15)16(12-17(19)20-13)14-8-4-2-5-9-14/h2-12H,1H3. The monoisotopic (exact) mass is 262 g/mol. The third-order valence-corrected chi connectivity index (χ3v) is 3.28. The minimum atomic E-state index is -0.318. The van der Waals surface area contributed by atoms with Crippen LogP contribution in [-0.4, -0.2) is 0 Å². The number of aryl methyl sites for hydroxylation is 1. The summed E-state index contributed by atoms with van der Waals surface area (Å²) in [5.41, 5.74) is 3.62. The Morgan fingerprint density at radius 1 is 0.800 bits per heavy atom. The van der Waals surface area contributed by atoms with Gasteiger partial charge in [-0.2, -0.15) is 0 Å². The van der Waals surface area contributed by atoms with E-state index in [0.29, 0.717) is 5.76 Å². The Kier molecular flexibility index (Phi) is 3.21. The average molecular weight is 262 g/mol. The van der Waals surface area contributed by atoms with E-state index < -0.39 is 0 Å². The summed E-state index contributed by atoms with van der Waals surface area (Å²) in [5.74, 6) is 0.641. The van der Waals surface area contributed by atoms with Gasteiger partial charge in [0.05, 0.1) is 0 Å². The molecular weight excluding hydrogens is 248 g/mol. The maximum absolute atomic E-state index is 11.7. The van der Waals surface area contributed by atoms with Gasteiger partial charge in [0, 0.05) is 17.2 Å². The lowest BCUT2D eigenvalue weighted by molar-refractivity contribution is 0.483. The zero-order valence-corrected chi connectivity index (χ0v) is 11.2. The molecule has 0 aliphatic rings. The van der Waals surface area contributed by atoms with Crippen molar-refractivity contribution in [3.63, 3.8) is 0 Å². The first-order valence-corrected chi connectivity index (χ1v) is 6.51. The zero-order chi connectivity index (χ0) is 13.9. The molecular formula is C18H14O2. The first-order chi connectivity index (χ1) is 9.75. The highest BCUT2D eigenvalue weighted by Crippen LogP contribution is 2.33. The molecule has 0 radical (unpaired) electrons. The molecule has 20 heavy (non-hydrogen) atoms. The second kappa shape index (κ2) is 5.17. The smallest absolute Gasteiger partial charge is 0.336 e. The molecule has 0 bridgehead atoms. The molecule has 98 valence electrons. The van der Waals surface area contributed by atoms with Gasteiger partial charge < -0.3 is 4.42 Å². The van der Waals surface area contributed by atoms with Crippen molar-refractivity contribution >= 4 is 0 Å². The van der Waals surface area contributed by atoms with Gasteiger partial charge in [0.25, 0.3) is 0 Å². The molecule has 0 saturated carbocycles. The molecule has 2 heteroatoms. The fourth-order valence-electron chi connectivity index (χ4n) is 2.42. The Hall–Kier alpha value is -2.61. The van der Waals surface area contributed by atoms with Gasteiger partial charge in [-0.25, -0.2) is 4.79 Å². The number of hydrogen-bond acceptors (Lipinski definition) is 2. The molecule has 1 aromatic heterocycles. The molecule has 0 aliphatic heterocycles. The lowest BCUT2D eigenvalue weighted by Crippen LogP contribution is -2.01. The lowest BCUT2D eigenvalue weighted by Gasteiger charge is -2.11. The molecule has 1 heterocycles. The molecule has 0 atom stereocenters. The summed E-state index contributed by atoms with van der Waals surface area (Å²) < 4.78 is 5.27. The van der Waals surface area contributed by atoms with Crippen molar-refractivity contribution in [2.24, 2.45) is 0 Å². The van der Waals surface area contributed by atoms with Gasteiger partial charge in [-0.15, -0.1) is 0 Å². The van der Waals surface area contributed by atoms with Crippen LogP contribution in [0.3, 0.4) is 0 Å². The number of rotatable bonds is 2. The molecule has 2 nitrogen and oxygen atoms in total. The van der Waals surface area contributed by atoms with E-state index in [9.17, 15) is 4.79 Å². The normalized spacial score (nSPS) is 10.4. The van der Waals surface area contributed by atoms with Crippen LogP contribution in [0.4, 0.5) is 0 Å². The highest BCUT2D eigenvalue weighted by molar-refractivity contribution is 5.84. The minimum Gasteiger partial charge on any atom is -0.428 e. The predicted octanol–water partition coefficient (Wildman–Crippen LogP) is 4.28. The van der Waals surface area contributed by atoms with Crippen LogP contribution in [-0.2, 0) is 0 Å². The van der Waals surface area contributed by atoms with Gasteiger partial charge in [0.2, 0.25) is 0 Å². The Balaban J connectivity index is 2.32.